The van der Waals surface area contributed by atoms with Crippen LogP contribution < -0.4 is 10.2 Å². The zero-order chi connectivity index (χ0) is 23.0. The van der Waals surface area contributed by atoms with Crippen LogP contribution in [0.5, 0.6) is 0 Å². The predicted octanol–water partition coefficient (Wildman–Crippen LogP) is 3.93. The molecular formula is C24H18N2O6. The van der Waals surface area contributed by atoms with Crippen molar-refractivity contribution in [2.45, 2.75) is 13.8 Å². The van der Waals surface area contributed by atoms with Crippen LogP contribution in [-0.4, -0.2) is 28.9 Å². The van der Waals surface area contributed by atoms with Gasteiger partial charge in [0.25, 0.3) is 11.8 Å². The molecule has 2 aromatic carbocycles. The second-order valence-corrected chi connectivity index (χ2v) is 7.33. The number of nitrogens with one attached hydrogen (secondary N) is 1. The third-order valence-corrected chi connectivity index (χ3v) is 5.05. The van der Waals surface area contributed by atoms with Gasteiger partial charge in [-0.3, -0.25) is 14.9 Å². The Bertz CT molecular complexity index is 1300. The highest BCUT2D eigenvalue weighted by Gasteiger charge is 2.37. The molecular weight excluding hydrogens is 412 g/mol. The van der Waals surface area contributed by atoms with Crippen LogP contribution in [0.2, 0.25) is 0 Å². The molecule has 0 unspecified atom stereocenters. The van der Waals surface area contributed by atoms with E-state index in [9.17, 15) is 19.2 Å². The normalized spacial score (nSPS) is 15.2. The summed E-state index contributed by atoms with van der Waals surface area (Å²) in [5.41, 5.74) is 2.58. The summed E-state index contributed by atoms with van der Waals surface area (Å²) in [6.07, 6.45) is 1.27. The van der Waals surface area contributed by atoms with Gasteiger partial charge in [-0.05, 0) is 61.9 Å². The number of aryl methyl sites for hydroxylation is 2. The highest BCUT2D eigenvalue weighted by molar-refractivity contribution is 6.39. The first-order valence-corrected chi connectivity index (χ1v) is 9.67. The fourth-order valence-electron chi connectivity index (χ4n) is 3.38. The SMILES string of the molecule is Cc1ccc(N2C(=O)NC(=O)/C(=C\c3ccc(-c4ccc(C(=O)O)cc4C)o3)C2=O)cc1. The van der Waals surface area contributed by atoms with Gasteiger partial charge >= 0.3 is 12.0 Å². The summed E-state index contributed by atoms with van der Waals surface area (Å²) < 4.78 is 5.77. The number of carbonyl (C=O) groups is 4. The van der Waals surface area contributed by atoms with Gasteiger partial charge < -0.3 is 9.52 Å². The molecule has 0 bridgehead atoms. The van der Waals surface area contributed by atoms with Crippen LogP contribution in [0.3, 0.4) is 0 Å². The number of hydrogen-bond acceptors (Lipinski definition) is 5. The van der Waals surface area contributed by atoms with Gasteiger partial charge in [-0.2, -0.15) is 0 Å². The van der Waals surface area contributed by atoms with E-state index in [1.54, 1.807) is 49.4 Å². The summed E-state index contributed by atoms with van der Waals surface area (Å²) in [4.78, 5) is 49.6. The molecule has 2 heterocycles. The second-order valence-electron chi connectivity index (χ2n) is 7.33. The number of nitrogens with zero attached hydrogens (tertiary/aromatic N) is 1. The molecule has 0 saturated carbocycles. The van der Waals surface area contributed by atoms with Crippen molar-refractivity contribution >= 4 is 35.6 Å². The highest BCUT2D eigenvalue weighted by atomic mass is 16.4. The summed E-state index contributed by atoms with van der Waals surface area (Å²) in [7, 11) is 0. The molecule has 1 aliphatic heterocycles. The summed E-state index contributed by atoms with van der Waals surface area (Å²) in [6, 6.07) is 13.8. The number of carbonyl (C=O) groups excluding carboxylic acids is 3. The Labute approximate surface area is 182 Å². The van der Waals surface area contributed by atoms with Crippen LogP contribution >= 0.6 is 0 Å². The fourth-order valence-corrected chi connectivity index (χ4v) is 3.38. The van der Waals surface area contributed by atoms with E-state index in [-0.39, 0.29) is 16.9 Å². The minimum atomic E-state index is -1.03. The number of amides is 4. The Balaban J connectivity index is 1.66. The van der Waals surface area contributed by atoms with E-state index in [0.29, 0.717) is 22.6 Å². The first kappa shape index (κ1) is 20.8. The molecule has 32 heavy (non-hydrogen) atoms. The Morgan fingerprint density at radius 2 is 1.72 bits per heavy atom. The fraction of sp³-hybridized carbons (Fsp3) is 0.0833. The van der Waals surface area contributed by atoms with Crippen LogP contribution in [0.4, 0.5) is 10.5 Å². The molecule has 0 spiro atoms. The first-order valence-electron chi connectivity index (χ1n) is 9.67. The van der Waals surface area contributed by atoms with Crippen molar-refractivity contribution in [3.05, 3.63) is 82.6 Å². The number of aromatic carboxylic acids is 1. The van der Waals surface area contributed by atoms with Gasteiger partial charge in [-0.15, -0.1) is 0 Å². The number of hydrogen-bond donors (Lipinski definition) is 2. The molecule has 3 aromatic rings. The van der Waals surface area contributed by atoms with Gasteiger partial charge in [0.15, 0.2) is 0 Å². The predicted molar refractivity (Wildman–Crippen MR) is 116 cm³/mol. The van der Waals surface area contributed by atoms with E-state index in [2.05, 4.69) is 5.32 Å². The number of urea groups is 1. The molecule has 4 amide bonds. The maximum absolute atomic E-state index is 12.9. The molecule has 0 radical (unpaired) electrons. The number of furan rings is 1. The molecule has 1 aromatic heterocycles. The van der Waals surface area contributed by atoms with E-state index in [4.69, 9.17) is 9.52 Å². The highest BCUT2D eigenvalue weighted by Crippen LogP contribution is 2.28. The van der Waals surface area contributed by atoms with Crippen LogP contribution in [0.25, 0.3) is 17.4 Å². The largest absolute Gasteiger partial charge is 0.478 e. The van der Waals surface area contributed by atoms with E-state index in [1.165, 1.54) is 18.2 Å². The Morgan fingerprint density at radius 1 is 1.00 bits per heavy atom. The van der Waals surface area contributed by atoms with Crippen LogP contribution in [0, 0.1) is 13.8 Å². The number of barbiturate groups is 1. The number of rotatable bonds is 4. The third-order valence-electron chi connectivity index (χ3n) is 5.05. The standard InChI is InChI=1S/C24H18N2O6/c1-13-3-6-16(7-4-13)26-22(28)19(21(27)25-24(26)31)12-17-8-10-20(32-17)18-9-5-15(23(29)30)11-14(18)2/h3-12H,1-2H3,(H,29,30)(H,25,27,31)/b19-12+. The topological polar surface area (TPSA) is 117 Å². The summed E-state index contributed by atoms with van der Waals surface area (Å²) >= 11 is 0. The van der Waals surface area contributed by atoms with Crippen molar-refractivity contribution in [2.24, 2.45) is 0 Å². The van der Waals surface area contributed by atoms with Crippen molar-refractivity contribution in [1.29, 1.82) is 0 Å². The Hall–Kier alpha value is -4.46. The molecule has 0 aliphatic carbocycles. The molecule has 8 heteroatoms. The minimum absolute atomic E-state index is 0.158. The van der Waals surface area contributed by atoms with E-state index in [0.717, 1.165) is 10.5 Å². The van der Waals surface area contributed by atoms with E-state index in [1.807, 2.05) is 6.92 Å². The molecule has 8 nitrogen and oxygen atoms in total. The lowest BCUT2D eigenvalue weighted by Gasteiger charge is -2.26. The van der Waals surface area contributed by atoms with Crippen molar-refractivity contribution in [3.63, 3.8) is 0 Å². The molecule has 1 aliphatic rings. The van der Waals surface area contributed by atoms with Crippen molar-refractivity contribution < 1.29 is 28.7 Å². The number of benzene rings is 2. The van der Waals surface area contributed by atoms with Crippen molar-refractivity contribution in [2.75, 3.05) is 4.90 Å². The van der Waals surface area contributed by atoms with Gasteiger partial charge in [0.2, 0.25) is 0 Å². The maximum atomic E-state index is 12.9. The Morgan fingerprint density at radius 3 is 2.38 bits per heavy atom. The van der Waals surface area contributed by atoms with E-state index >= 15 is 0 Å². The third kappa shape index (κ3) is 3.81. The zero-order valence-electron chi connectivity index (χ0n) is 17.2. The lowest BCUT2D eigenvalue weighted by molar-refractivity contribution is -0.122. The van der Waals surface area contributed by atoms with Gasteiger partial charge in [0.05, 0.1) is 11.3 Å². The van der Waals surface area contributed by atoms with E-state index < -0.39 is 23.8 Å². The smallest absolute Gasteiger partial charge is 0.335 e. The average molecular weight is 430 g/mol. The molecule has 4 rings (SSSR count). The van der Waals surface area contributed by atoms with Crippen molar-refractivity contribution in [1.82, 2.24) is 5.32 Å². The van der Waals surface area contributed by atoms with Gasteiger partial charge in [0.1, 0.15) is 17.1 Å². The zero-order valence-corrected chi connectivity index (χ0v) is 17.2. The van der Waals surface area contributed by atoms with Gasteiger partial charge in [0, 0.05) is 5.56 Å². The minimum Gasteiger partial charge on any atom is -0.478 e. The summed E-state index contributed by atoms with van der Waals surface area (Å²) in [5, 5.41) is 11.3. The number of carboxylic acids is 1. The van der Waals surface area contributed by atoms with Crippen molar-refractivity contribution in [3.8, 4) is 11.3 Å². The van der Waals surface area contributed by atoms with Gasteiger partial charge in [-0.1, -0.05) is 23.8 Å². The molecule has 0 atom stereocenters. The Kier molecular flexibility index (Phi) is 5.19. The summed E-state index contributed by atoms with van der Waals surface area (Å²) in [5.74, 6) is -1.93. The average Bonchev–Trinajstić information content (AvgIpc) is 3.20. The maximum Gasteiger partial charge on any atom is 0.335 e. The van der Waals surface area contributed by atoms with Crippen LogP contribution in [0.1, 0.15) is 27.2 Å². The monoisotopic (exact) mass is 430 g/mol. The molecule has 1 saturated heterocycles. The van der Waals surface area contributed by atoms with Crippen LogP contribution in [0.15, 0.2) is 64.6 Å². The second kappa shape index (κ2) is 7.99. The number of carboxylic acid groups (broad SMARTS) is 1. The summed E-state index contributed by atoms with van der Waals surface area (Å²) in [6.45, 7) is 3.63. The number of anilines is 1. The molecule has 1 fully saturated rings. The quantitative estimate of drug-likeness (QED) is 0.479. The van der Waals surface area contributed by atoms with Gasteiger partial charge in [-0.25, -0.2) is 14.5 Å². The molecule has 160 valence electrons. The lowest BCUT2D eigenvalue weighted by Crippen LogP contribution is -2.54. The van der Waals surface area contributed by atoms with Crippen LogP contribution in [-0.2, 0) is 9.59 Å². The first-order chi connectivity index (χ1) is 15.2. The number of imide groups is 2. The lowest BCUT2D eigenvalue weighted by atomic mass is 10.0. The molecule has 2 N–H and O–H groups in total.